The Morgan fingerprint density at radius 3 is 2.59 bits per heavy atom. The van der Waals surface area contributed by atoms with Crippen LogP contribution in [0.1, 0.15) is 0 Å². The van der Waals surface area contributed by atoms with Crippen LogP contribution in [0.15, 0.2) is 29.4 Å². The van der Waals surface area contributed by atoms with Gasteiger partial charge in [0.15, 0.2) is 0 Å². The Balaban J connectivity index is 1.67. The van der Waals surface area contributed by atoms with Gasteiger partial charge in [-0.15, -0.1) is 0 Å². The molecule has 8 nitrogen and oxygen atoms in total. The number of hydrogen-bond acceptors (Lipinski definition) is 5. The summed E-state index contributed by atoms with van der Waals surface area (Å²) in [4.78, 5) is 18.4. The zero-order chi connectivity index (χ0) is 15.4. The Bertz CT molecular complexity index is 579. The standard InChI is InChI=1S/C14H17N5O3/c15-17-16-9-13-10-19(14(20)22-13)12-3-1-11(2-4-12)18-5-7-21-8-6-18/h1-4,13H,5-10H2/t13-/m1/s1. The number of nitrogens with zero attached hydrogens (tertiary/aromatic N) is 5. The molecular weight excluding hydrogens is 286 g/mol. The molecule has 8 heteroatoms. The van der Waals surface area contributed by atoms with Crippen molar-refractivity contribution in [3.63, 3.8) is 0 Å². The van der Waals surface area contributed by atoms with E-state index in [4.69, 9.17) is 15.0 Å². The molecule has 0 radical (unpaired) electrons. The highest BCUT2D eigenvalue weighted by Crippen LogP contribution is 2.25. The number of anilines is 2. The molecule has 1 aromatic rings. The quantitative estimate of drug-likeness (QED) is 0.484. The number of hydrogen-bond donors (Lipinski definition) is 0. The summed E-state index contributed by atoms with van der Waals surface area (Å²) in [7, 11) is 0. The zero-order valence-corrected chi connectivity index (χ0v) is 12.1. The summed E-state index contributed by atoms with van der Waals surface area (Å²) in [5, 5.41) is 3.45. The molecule has 1 atom stereocenters. The minimum Gasteiger partial charge on any atom is -0.444 e. The van der Waals surface area contributed by atoms with Gasteiger partial charge in [-0.1, -0.05) is 5.11 Å². The molecular formula is C14H17N5O3. The number of benzene rings is 1. The highest BCUT2D eigenvalue weighted by molar-refractivity contribution is 5.90. The lowest BCUT2D eigenvalue weighted by Crippen LogP contribution is -2.36. The predicted molar refractivity (Wildman–Crippen MR) is 81.1 cm³/mol. The van der Waals surface area contributed by atoms with E-state index in [-0.39, 0.29) is 12.6 Å². The van der Waals surface area contributed by atoms with Gasteiger partial charge in [-0.2, -0.15) is 0 Å². The summed E-state index contributed by atoms with van der Waals surface area (Å²) in [6.07, 6.45) is -0.792. The van der Waals surface area contributed by atoms with Gasteiger partial charge < -0.3 is 14.4 Å². The summed E-state index contributed by atoms with van der Waals surface area (Å²) >= 11 is 0. The van der Waals surface area contributed by atoms with E-state index in [1.807, 2.05) is 24.3 Å². The van der Waals surface area contributed by atoms with Crippen molar-refractivity contribution in [2.24, 2.45) is 5.11 Å². The van der Waals surface area contributed by atoms with Gasteiger partial charge in [-0.3, -0.25) is 4.90 Å². The lowest BCUT2D eigenvalue weighted by molar-refractivity contribution is 0.122. The van der Waals surface area contributed by atoms with E-state index in [1.54, 1.807) is 4.90 Å². The number of amides is 1. The number of ether oxygens (including phenoxy) is 2. The molecule has 0 unspecified atom stereocenters. The maximum absolute atomic E-state index is 11.9. The van der Waals surface area contributed by atoms with Crippen LogP contribution in [0.5, 0.6) is 0 Å². The molecule has 2 aliphatic rings. The van der Waals surface area contributed by atoms with E-state index in [1.165, 1.54) is 0 Å². The van der Waals surface area contributed by atoms with Gasteiger partial charge in [0.1, 0.15) is 6.10 Å². The largest absolute Gasteiger partial charge is 0.444 e. The van der Waals surface area contributed by atoms with E-state index < -0.39 is 6.09 Å². The topological polar surface area (TPSA) is 90.8 Å². The van der Waals surface area contributed by atoms with Gasteiger partial charge in [-0.25, -0.2) is 4.79 Å². The lowest BCUT2D eigenvalue weighted by Gasteiger charge is -2.29. The van der Waals surface area contributed by atoms with Crippen molar-refractivity contribution in [3.05, 3.63) is 34.7 Å². The second-order valence-electron chi connectivity index (χ2n) is 5.15. The first kappa shape index (κ1) is 14.5. The van der Waals surface area contributed by atoms with Crippen LogP contribution in [0, 0.1) is 0 Å². The van der Waals surface area contributed by atoms with Gasteiger partial charge in [0.05, 0.1) is 26.3 Å². The first-order valence-corrected chi connectivity index (χ1v) is 7.19. The van der Waals surface area contributed by atoms with Crippen LogP contribution in [0.2, 0.25) is 0 Å². The van der Waals surface area contributed by atoms with E-state index in [9.17, 15) is 4.79 Å². The maximum Gasteiger partial charge on any atom is 0.414 e. The monoisotopic (exact) mass is 303 g/mol. The Morgan fingerprint density at radius 1 is 1.23 bits per heavy atom. The fourth-order valence-corrected chi connectivity index (χ4v) is 2.62. The number of morpholine rings is 1. The molecule has 2 saturated heterocycles. The summed E-state index contributed by atoms with van der Waals surface area (Å²) in [6, 6.07) is 7.80. The smallest absolute Gasteiger partial charge is 0.414 e. The van der Waals surface area contributed by atoms with Crippen molar-refractivity contribution in [2.75, 3.05) is 49.2 Å². The summed E-state index contributed by atoms with van der Waals surface area (Å²) in [5.74, 6) is 0. The number of azide groups is 1. The molecule has 1 aromatic carbocycles. The van der Waals surface area contributed by atoms with Gasteiger partial charge in [-0.05, 0) is 29.8 Å². The third-order valence-corrected chi connectivity index (χ3v) is 3.76. The number of rotatable bonds is 4. The molecule has 0 bridgehead atoms. The van der Waals surface area contributed by atoms with Gasteiger partial charge in [0.2, 0.25) is 0 Å². The van der Waals surface area contributed by atoms with Crippen LogP contribution >= 0.6 is 0 Å². The normalized spacial score (nSPS) is 21.5. The summed E-state index contributed by atoms with van der Waals surface area (Å²) in [6.45, 7) is 3.78. The summed E-state index contributed by atoms with van der Waals surface area (Å²) in [5.41, 5.74) is 10.2. The minimum atomic E-state index is -0.405. The fourth-order valence-electron chi connectivity index (χ4n) is 2.62. The van der Waals surface area contributed by atoms with E-state index in [0.29, 0.717) is 6.54 Å². The van der Waals surface area contributed by atoms with Crippen molar-refractivity contribution < 1.29 is 14.3 Å². The highest BCUT2D eigenvalue weighted by Gasteiger charge is 2.31. The SMILES string of the molecule is [N-]=[N+]=NC[C@@H]1CN(c2ccc(N3CCOCC3)cc2)C(=O)O1. The average molecular weight is 303 g/mol. The van der Waals surface area contributed by atoms with Crippen molar-refractivity contribution in [2.45, 2.75) is 6.10 Å². The number of carbonyl (C=O) groups excluding carboxylic acids is 1. The number of cyclic esters (lactones) is 1. The first-order valence-electron chi connectivity index (χ1n) is 7.19. The third kappa shape index (κ3) is 3.08. The second kappa shape index (κ2) is 6.55. The van der Waals surface area contributed by atoms with E-state index in [2.05, 4.69) is 14.9 Å². The van der Waals surface area contributed by atoms with Crippen molar-refractivity contribution in [1.29, 1.82) is 0 Å². The molecule has 0 spiro atoms. The minimum absolute atomic E-state index is 0.157. The number of carbonyl (C=O) groups is 1. The molecule has 0 aromatic heterocycles. The van der Waals surface area contributed by atoms with Gasteiger partial charge in [0, 0.05) is 29.4 Å². The first-order chi connectivity index (χ1) is 10.8. The Kier molecular flexibility index (Phi) is 4.32. The van der Waals surface area contributed by atoms with Crippen molar-refractivity contribution in [1.82, 2.24) is 0 Å². The second-order valence-corrected chi connectivity index (χ2v) is 5.15. The molecule has 22 heavy (non-hydrogen) atoms. The Morgan fingerprint density at radius 2 is 1.91 bits per heavy atom. The molecule has 1 amide bonds. The van der Waals surface area contributed by atoms with Crippen LogP contribution in [0.25, 0.3) is 10.4 Å². The molecule has 2 fully saturated rings. The maximum atomic E-state index is 11.9. The Hall–Kier alpha value is -2.44. The summed E-state index contributed by atoms with van der Waals surface area (Å²) < 4.78 is 10.5. The van der Waals surface area contributed by atoms with Gasteiger partial charge >= 0.3 is 6.09 Å². The molecule has 0 saturated carbocycles. The van der Waals surface area contributed by atoms with Crippen molar-refractivity contribution in [3.8, 4) is 0 Å². The average Bonchev–Trinajstić information content (AvgIpc) is 2.95. The predicted octanol–water partition coefficient (Wildman–Crippen LogP) is 2.16. The van der Waals surface area contributed by atoms with E-state index >= 15 is 0 Å². The lowest BCUT2D eigenvalue weighted by atomic mass is 10.2. The molecule has 2 aliphatic heterocycles. The molecule has 3 rings (SSSR count). The van der Waals surface area contributed by atoms with Crippen LogP contribution in [-0.4, -0.2) is 51.6 Å². The molecule has 0 N–H and O–H groups in total. The highest BCUT2D eigenvalue weighted by atomic mass is 16.6. The van der Waals surface area contributed by atoms with Crippen LogP contribution in [0.3, 0.4) is 0 Å². The molecule has 2 heterocycles. The van der Waals surface area contributed by atoms with Crippen LogP contribution in [-0.2, 0) is 9.47 Å². The molecule has 116 valence electrons. The van der Waals surface area contributed by atoms with Gasteiger partial charge in [0.25, 0.3) is 0 Å². The fraction of sp³-hybridized carbons (Fsp3) is 0.500. The van der Waals surface area contributed by atoms with Crippen molar-refractivity contribution >= 4 is 17.5 Å². The third-order valence-electron chi connectivity index (χ3n) is 3.76. The zero-order valence-electron chi connectivity index (χ0n) is 12.1. The van der Waals surface area contributed by atoms with E-state index in [0.717, 1.165) is 37.7 Å². The Labute approximate surface area is 127 Å². The van der Waals surface area contributed by atoms with Crippen LogP contribution < -0.4 is 9.80 Å². The van der Waals surface area contributed by atoms with Crippen LogP contribution in [0.4, 0.5) is 16.2 Å². The molecule has 0 aliphatic carbocycles.